The van der Waals surface area contributed by atoms with Crippen molar-refractivity contribution >= 4 is 23.3 Å². The predicted octanol–water partition coefficient (Wildman–Crippen LogP) is 1.76. The van der Waals surface area contributed by atoms with Gasteiger partial charge in [0.1, 0.15) is 0 Å². The number of carbonyl (C=O) groups is 2. The second-order valence-electron chi connectivity index (χ2n) is 4.13. The lowest BCUT2D eigenvalue weighted by Crippen LogP contribution is -2.46. The molecule has 17 heavy (non-hydrogen) atoms. The van der Waals surface area contributed by atoms with E-state index >= 15 is 0 Å². The van der Waals surface area contributed by atoms with Gasteiger partial charge < -0.3 is 15.7 Å². The molecule has 0 aromatic carbocycles. The molecule has 3 N–H and O–H groups in total. The van der Waals surface area contributed by atoms with Crippen LogP contribution in [0.5, 0.6) is 0 Å². The van der Waals surface area contributed by atoms with Gasteiger partial charge in [0, 0.05) is 11.4 Å². The standard InChI is InChI=1S/C11H16N2O3S/c1-11(2,8-4-3-7-17-8)13-10(16)12-6-5-9(14)15/h3-4,7H,5-6H2,1-2H3,(H,14,15)(H2,12,13,16). The normalized spacial score (nSPS) is 10.9. The van der Waals surface area contributed by atoms with Crippen molar-refractivity contribution in [2.24, 2.45) is 0 Å². The molecule has 1 aromatic rings. The van der Waals surface area contributed by atoms with Gasteiger partial charge in [0.15, 0.2) is 0 Å². The molecule has 0 unspecified atom stereocenters. The van der Waals surface area contributed by atoms with E-state index in [-0.39, 0.29) is 19.0 Å². The summed E-state index contributed by atoms with van der Waals surface area (Å²) >= 11 is 1.56. The number of nitrogens with one attached hydrogen (secondary N) is 2. The molecule has 0 saturated carbocycles. The Bertz CT molecular complexity index is 387. The number of rotatable bonds is 5. The van der Waals surface area contributed by atoms with Gasteiger partial charge in [-0.25, -0.2) is 4.79 Å². The fourth-order valence-electron chi connectivity index (χ4n) is 1.31. The van der Waals surface area contributed by atoms with Crippen LogP contribution in [0.4, 0.5) is 4.79 Å². The van der Waals surface area contributed by atoms with E-state index in [0.717, 1.165) is 4.88 Å². The summed E-state index contributed by atoms with van der Waals surface area (Å²) in [7, 11) is 0. The Morgan fingerprint density at radius 3 is 2.71 bits per heavy atom. The maximum atomic E-state index is 11.5. The molecule has 94 valence electrons. The van der Waals surface area contributed by atoms with Crippen molar-refractivity contribution in [2.75, 3.05) is 6.54 Å². The number of carboxylic acids is 1. The maximum absolute atomic E-state index is 11.5. The number of urea groups is 1. The van der Waals surface area contributed by atoms with Crippen LogP contribution in [-0.2, 0) is 10.3 Å². The lowest BCUT2D eigenvalue weighted by Gasteiger charge is -2.25. The first-order valence-electron chi connectivity index (χ1n) is 5.23. The van der Waals surface area contributed by atoms with Crippen molar-refractivity contribution in [1.29, 1.82) is 0 Å². The summed E-state index contributed by atoms with van der Waals surface area (Å²) in [6.07, 6.45) is -0.0765. The van der Waals surface area contributed by atoms with Gasteiger partial charge >= 0.3 is 12.0 Å². The number of carbonyl (C=O) groups excluding carboxylic acids is 1. The molecule has 0 aliphatic heterocycles. The van der Waals surface area contributed by atoms with Crippen LogP contribution in [0.2, 0.25) is 0 Å². The highest BCUT2D eigenvalue weighted by atomic mass is 32.1. The van der Waals surface area contributed by atoms with E-state index in [1.807, 2.05) is 31.4 Å². The van der Waals surface area contributed by atoms with Crippen molar-refractivity contribution in [3.8, 4) is 0 Å². The number of amides is 2. The second-order valence-corrected chi connectivity index (χ2v) is 5.07. The third-order valence-corrected chi connectivity index (χ3v) is 3.38. The van der Waals surface area contributed by atoms with Crippen molar-refractivity contribution in [3.63, 3.8) is 0 Å². The minimum Gasteiger partial charge on any atom is -0.481 e. The highest BCUT2D eigenvalue weighted by Crippen LogP contribution is 2.24. The van der Waals surface area contributed by atoms with Gasteiger partial charge in [0.2, 0.25) is 0 Å². The molecular weight excluding hydrogens is 240 g/mol. The SMILES string of the molecule is CC(C)(NC(=O)NCCC(=O)O)c1cccs1. The van der Waals surface area contributed by atoms with E-state index in [2.05, 4.69) is 10.6 Å². The molecule has 0 bridgehead atoms. The average molecular weight is 256 g/mol. The number of hydrogen-bond acceptors (Lipinski definition) is 3. The first-order valence-corrected chi connectivity index (χ1v) is 6.11. The van der Waals surface area contributed by atoms with E-state index < -0.39 is 11.5 Å². The molecule has 0 aliphatic carbocycles. The molecule has 0 saturated heterocycles. The first kappa shape index (κ1) is 13.5. The molecular formula is C11H16N2O3S. The summed E-state index contributed by atoms with van der Waals surface area (Å²) in [5, 5.41) is 15.7. The minimum atomic E-state index is -0.928. The van der Waals surface area contributed by atoms with Crippen molar-refractivity contribution in [1.82, 2.24) is 10.6 Å². The predicted molar refractivity (Wildman–Crippen MR) is 66.1 cm³/mol. The van der Waals surface area contributed by atoms with Crippen LogP contribution < -0.4 is 10.6 Å². The van der Waals surface area contributed by atoms with Crippen LogP contribution in [0, 0.1) is 0 Å². The summed E-state index contributed by atoms with van der Waals surface area (Å²) in [6, 6.07) is 3.51. The van der Waals surface area contributed by atoms with Gasteiger partial charge in [-0.3, -0.25) is 4.79 Å². The lowest BCUT2D eigenvalue weighted by atomic mass is 10.0. The molecule has 0 aliphatic rings. The number of thiophene rings is 1. The molecule has 0 radical (unpaired) electrons. The smallest absolute Gasteiger partial charge is 0.315 e. The second kappa shape index (κ2) is 5.67. The van der Waals surface area contributed by atoms with E-state index in [4.69, 9.17) is 5.11 Å². The van der Waals surface area contributed by atoms with Gasteiger partial charge in [-0.15, -0.1) is 11.3 Å². The Hall–Kier alpha value is -1.56. The number of carboxylic acid groups (broad SMARTS) is 1. The summed E-state index contributed by atoms with van der Waals surface area (Å²) < 4.78 is 0. The Morgan fingerprint density at radius 1 is 1.47 bits per heavy atom. The van der Waals surface area contributed by atoms with Gasteiger partial charge in [-0.05, 0) is 25.3 Å². The average Bonchev–Trinajstić information content (AvgIpc) is 2.68. The van der Waals surface area contributed by atoms with Gasteiger partial charge in [-0.2, -0.15) is 0 Å². The number of aliphatic carboxylic acids is 1. The van der Waals surface area contributed by atoms with Gasteiger partial charge in [-0.1, -0.05) is 6.07 Å². The summed E-state index contributed by atoms with van der Waals surface area (Å²) in [5.74, 6) is -0.928. The lowest BCUT2D eigenvalue weighted by molar-refractivity contribution is -0.136. The van der Waals surface area contributed by atoms with Crippen molar-refractivity contribution < 1.29 is 14.7 Å². The topological polar surface area (TPSA) is 78.4 Å². The maximum Gasteiger partial charge on any atom is 0.315 e. The van der Waals surface area contributed by atoms with Crippen LogP contribution in [-0.4, -0.2) is 23.7 Å². The molecule has 2 amide bonds. The zero-order chi connectivity index (χ0) is 12.9. The zero-order valence-corrected chi connectivity index (χ0v) is 10.6. The Morgan fingerprint density at radius 2 is 2.18 bits per heavy atom. The highest BCUT2D eigenvalue weighted by Gasteiger charge is 2.23. The minimum absolute atomic E-state index is 0.0765. The highest BCUT2D eigenvalue weighted by molar-refractivity contribution is 7.10. The summed E-state index contributed by atoms with van der Waals surface area (Å²) in [5.41, 5.74) is -0.457. The molecule has 0 atom stereocenters. The summed E-state index contributed by atoms with van der Waals surface area (Å²) in [6.45, 7) is 3.92. The van der Waals surface area contributed by atoms with Crippen molar-refractivity contribution in [3.05, 3.63) is 22.4 Å². The fourth-order valence-corrected chi connectivity index (χ4v) is 2.11. The fraction of sp³-hybridized carbons (Fsp3) is 0.455. The summed E-state index contributed by atoms with van der Waals surface area (Å²) in [4.78, 5) is 22.9. The third-order valence-electron chi connectivity index (χ3n) is 2.19. The Balaban J connectivity index is 2.42. The quantitative estimate of drug-likeness (QED) is 0.751. The molecule has 5 nitrogen and oxygen atoms in total. The molecule has 1 aromatic heterocycles. The Labute approximate surface area is 104 Å². The van der Waals surface area contributed by atoms with Crippen LogP contribution in [0.25, 0.3) is 0 Å². The molecule has 1 rings (SSSR count). The number of hydrogen-bond donors (Lipinski definition) is 3. The Kier molecular flexibility index (Phi) is 4.51. The molecule has 0 spiro atoms. The van der Waals surface area contributed by atoms with Crippen LogP contribution in [0.15, 0.2) is 17.5 Å². The first-order chi connectivity index (χ1) is 7.92. The van der Waals surface area contributed by atoms with Gasteiger partial charge in [0.05, 0.1) is 12.0 Å². The zero-order valence-electron chi connectivity index (χ0n) is 9.82. The molecule has 6 heteroatoms. The van der Waals surface area contributed by atoms with E-state index in [1.54, 1.807) is 11.3 Å². The van der Waals surface area contributed by atoms with E-state index in [1.165, 1.54) is 0 Å². The van der Waals surface area contributed by atoms with Crippen LogP contribution >= 0.6 is 11.3 Å². The van der Waals surface area contributed by atoms with Crippen molar-refractivity contribution in [2.45, 2.75) is 25.8 Å². The van der Waals surface area contributed by atoms with E-state index in [9.17, 15) is 9.59 Å². The van der Waals surface area contributed by atoms with Gasteiger partial charge in [0.25, 0.3) is 0 Å². The molecule has 1 heterocycles. The largest absolute Gasteiger partial charge is 0.481 e. The van der Waals surface area contributed by atoms with Crippen LogP contribution in [0.3, 0.4) is 0 Å². The third kappa shape index (κ3) is 4.44. The van der Waals surface area contributed by atoms with E-state index in [0.29, 0.717) is 0 Å². The molecule has 0 fully saturated rings. The monoisotopic (exact) mass is 256 g/mol. The van der Waals surface area contributed by atoms with Crippen LogP contribution in [0.1, 0.15) is 25.1 Å².